The number of fused-ring (bicyclic) bond motifs is 1. The lowest BCUT2D eigenvalue weighted by Crippen LogP contribution is -2.28. The van der Waals surface area contributed by atoms with Gasteiger partial charge in [-0.15, -0.1) is 0 Å². The summed E-state index contributed by atoms with van der Waals surface area (Å²) in [4.78, 5) is 2.07. The first-order chi connectivity index (χ1) is 7.72. The van der Waals surface area contributed by atoms with Gasteiger partial charge in [-0.1, -0.05) is 6.07 Å². The van der Waals surface area contributed by atoms with Crippen molar-refractivity contribution < 1.29 is 4.39 Å². The lowest BCUT2D eigenvalue weighted by molar-refractivity contribution is 0.622. The van der Waals surface area contributed by atoms with E-state index < -0.39 is 5.82 Å². The lowest BCUT2D eigenvalue weighted by Gasteiger charge is -2.22. The Hall–Kier alpha value is -1.60. The Morgan fingerprint density at radius 3 is 2.69 bits per heavy atom. The quantitative estimate of drug-likeness (QED) is 0.766. The standard InChI is InChI=1S/C12H12FN3/c13-10-2-1-3-11(7(10)4-14)16-5-8-9(6-16)12(8)15/h1-3,8-9,12H,5-6,15H2. The second kappa shape index (κ2) is 3.19. The summed E-state index contributed by atoms with van der Waals surface area (Å²) in [7, 11) is 0. The molecule has 0 aromatic heterocycles. The molecule has 16 heavy (non-hydrogen) atoms. The number of nitriles is 1. The SMILES string of the molecule is N#Cc1c(F)cccc1N1CC2C(N)C2C1. The van der Waals surface area contributed by atoms with Crippen LogP contribution in [0.5, 0.6) is 0 Å². The summed E-state index contributed by atoms with van der Waals surface area (Å²) in [5.74, 6) is 0.634. The molecule has 2 fully saturated rings. The molecule has 1 aliphatic heterocycles. The van der Waals surface area contributed by atoms with Gasteiger partial charge in [-0.2, -0.15) is 5.26 Å². The Labute approximate surface area is 93.3 Å². The summed E-state index contributed by atoms with van der Waals surface area (Å²) in [5.41, 5.74) is 6.71. The van der Waals surface area contributed by atoms with Crippen LogP contribution in [0.1, 0.15) is 5.56 Å². The topological polar surface area (TPSA) is 53.0 Å². The minimum absolute atomic E-state index is 0.150. The zero-order chi connectivity index (χ0) is 11.3. The van der Waals surface area contributed by atoms with Crippen molar-refractivity contribution >= 4 is 5.69 Å². The molecule has 0 radical (unpaired) electrons. The summed E-state index contributed by atoms with van der Waals surface area (Å²) >= 11 is 0. The van der Waals surface area contributed by atoms with Gasteiger partial charge in [0.15, 0.2) is 0 Å². The number of piperidine rings is 1. The Kier molecular flexibility index (Phi) is 1.92. The monoisotopic (exact) mass is 217 g/mol. The van der Waals surface area contributed by atoms with Gasteiger partial charge in [0, 0.05) is 19.1 Å². The van der Waals surface area contributed by atoms with Gasteiger partial charge >= 0.3 is 0 Å². The Morgan fingerprint density at radius 2 is 2.06 bits per heavy atom. The average molecular weight is 217 g/mol. The van der Waals surface area contributed by atoms with Crippen LogP contribution in [0.25, 0.3) is 0 Å². The predicted octanol–water partition coefficient (Wildman–Crippen LogP) is 1.09. The predicted molar refractivity (Wildman–Crippen MR) is 58.3 cm³/mol. The van der Waals surface area contributed by atoms with Gasteiger partial charge in [-0.05, 0) is 24.0 Å². The molecular weight excluding hydrogens is 205 g/mol. The summed E-state index contributed by atoms with van der Waals surface area (Å²) in [5, 5.41) is 8.95. The number of hydrogen-bond donors (Lipinski definition) is 1. The number of hydrogen-bond acceptors (Lipinski definition) is 3. The van der Waals surface area contributed by atoms with Crippen molar-refractivity contribution in [1.82, 2.24) is 0 Å². The van der Waals surface area contributed by atoms with Gasteiger partial charge < -0.3 is 10.6 Å². The number of anilines is 1. The van der Waals surface area contributed by atoms with Crippen LogP contribution in [-0.4, -0.2) is 19.1 Å². The van der Waals surface area contributed by atoms with Crippen LogP contribution >= 0.6 is 0 Å². The van der Waals surface area contributed by atoms with E-state index in [-0.39, 0.29) is 5.56 Å². The van der Waals surface area contributed by atoms with E-state index in [1.807, 2.05) is 6.07 Å². The molecule has 1 heterocycles. The molecule has 82 valence electrons. The van der Waals surface area contributed by atoms with Gasteiger partial charge in [-0.25, -0.2) is 4.39 Å². The summed E-state index contributed by atoms with van der Waals surface area (Å²) in [6, 6.07) is 7.02. The highest BCUT2D eigenvalue weighted by atomic mass is 19.1. The number of rotatable bonds is 1. The van der Waals surface area contributed by atoms with Crippen molar-refractivity contribution in [2.75, 3.05) is 18.0 Å². The molecule has 4 heteroatoms. The van der Waals surface area contributed by atoms with Crippen molar-refractivity contribution in [1.29, 1.82) is 5.26 Å². The molecule has 3 rings (SSSR count). The van der Waals surface area contributed by atoms with Crippen molar-refractivity contribution in [3.8, 4) is 6.07 Å². The molecule has 2 unspecified atom stereocenters. The number of benzene rings is 1. The fourth-order valence-electron chi connectivity index (χ4n) is 2.66. The smallest absolute Gasteiger partial charge is 0.143 e. The van der Waals surface area contributed by atoms with Gasteiger partial charge in [0.2, 0.25) is 0 Å². The molecule has 2 N–H and O–H groups in total. The van der Waals surface area contributed by atoms with Gasteiger partial charge in [-0.3, -0.25) is 0 Å². The molecule has 0 bridgehead atoms. The van der Waals surface area contributed by atoms with Crippen molar-refractivity contribution in [3.63, 3.8) is 0 Å². The highest BCUT2D eigenvalue weighted by molar-refractivity contribution is 5.61. The fraction of sp³-hybridized carbons (Fsp3) is 0.417. The number of halogens is 1. The second-order valence-corrected chi connectivity index (χ2v) is 4.56. The first kappa shape index (κ1) is 9.61. The average Bonchev–Trinajstić information content (AvgIpc) is 2.75. The molecule has 1 aromatic carbocycles. The Bertz CT molecular complexity index is 468. The maximum atomic E-state index is 13.4. The number of nitrogens with two attached hydrogens (primary N) is 1. The zero-order valence-electron chi connectivity index (χ0n) is 8.73. The maximum absolute atomic E-state index is 13.4. The Balaban J connectivity index is 1.91. The molecule has 0 spiro atoms. The third-order valence-electron chi connectivity index (χ3n) is 3.70. The Morgan fingerprint density at radius 1 is 1.38 bits per heavy atom. The van der Waals surface area contributed by atoms with E-state index in [0.717, 1.165) is 13.1 Å². The van der Waals surface area contributed by atoms with E-state index >= 15 is 0 Å². The van der Waals surface area contributed by atoms with E-state index in [4.69, 9.17) is 11.0 Å². The second-order valence-electron chi connectivity index (χ2n) is 4.56. The third kappa shape index (κ3) is 1.22. The van der Waals surface area contributed by atoms with E-state index in [0.29, 0.717) is 23.6 Å². The van der Waals surface area contributed by atoms with Crippen LogP contribution in [-0.2, 0) is 0 Å². The van der Waals surface area contributed by atoms with Crippen LogP contribution in [0.3, 0.4) is 0 Å². The van der Waals surface area contributed by atoms with Crippen molar-refractivity contribution in [3.05, 3.63) is 29.6 Å². The lowest BCUT2D eigenvalue weighted by atomic mass is 10.1. The van der Waals surface area contributed by atoms with E-state index in [1.54, 1.807) is 12.1 Å². The minimum Gasteiger partial charge on any atom is -0.370 e. The molecule has 2 aliphatic rings. The molecule has 1 aromatic rings. The van der Waals surface area contributed by atoms with Crippen LogP contribution in [0, 0.1) is 29.0 Å². The van der Waals surface area contributed by atoms with Crippen LogP contribution < -0.4 is 10.6 Å². The van der Waals surface area contributed by atoms with Crippen molar-refractivity contribution in [2.24, 2.45) is 17.6 Å². The summed E-state index contributed by atoms with van der Waals surface area (Å²) in [6.07, 6.45) is 0. The van der Waals surface area contributed by atoms with Gasteiger partial charge in [0.25, 0.3) is 0 Å². The molecule has 1 aliphatic carbocycles. The third-order valence-corrected chi connectivity index (χ3v) is 3.70. The first-order valence-corrected chi connectivity index (χ1v) is 5.41. The molecule has 3 nitrogen and oxygen atoms in total. The minimum atomic E-state index is -0.440. The summed E-state index contributed by atoms with van der Waals surface area (Å²) in [6.45, 7) is 1.70. The van der Waals surface area contributed by atoms with Gasteiger partial charge in [0.05, 0.1) is 5.69 Å². The molecule has 2 atom stereocenters. The van der Waals surface area contributed by atoms with Crippen LogP contribution in [0.15, 0.2) is 18.2 Å². The molecule has 1 saturated carbocycles. The zero-order valence-corrected chi connectivity index (χ0v) is 8.73. The van der Waals surface area contributed by atoms with E-state index in [2.05, 4.69) is 4.90 Å². The van der Waals surface area contributed by atoms with E-state index in [1.165, 1.54) is 6.07 Å². The largest absolute Gasteiger partial charge is 0.370 e. The maximum Gasteiger partial charge on any atom is 0.143 e. The van der Waals surface area contributed by atoms with E-state index in [9.17, 15) is 4.39 Å². The van der Waals surface area contributed by atoms with Gasteiger partial charge in [0.1, 0.15) is 17.4 Å². The normalized spacial score (nSPS) is 31.1. The van der Waals surface area contributed by atoms with Crippen LogP contribution in [0.4, 0.5) is 10.1 Å². The summed E-state index contributed by atoms with van der Waals surface area (Å²) < 4.78 is 13.4. The molecule has 0 amide bonds. The highest BCUT2D eigenvalue weighted by Crippen LogP contribution is 2.45. The first-order valence-electron chi connectivity index (χ1n) is 5.41. The number of nitrogens with zero attached hydrogens (tertiary/aromatic N) is 2. The highest BCUT2D eigenvalue weighted by Gasteiger charge is 2.53. The molecular formula is C12H12FN3. The van der Waals surface area contributed by atoms with Crippen LogP contribution in [0.2, 0.25) is 0 Å². The fourth-order valence-corrected chi connectivity index (χ4v) is 2.66. The van der Waals surface area contributed by atoms with Crippen molar-refractivity contribution in [2.45, 2.75) is 6.04 Å². The molecule has 1 saturated heterocycles.